The Balaban J connectivity index is 1.45. The number of pyridine rings is 1. The van der Waals surface area contributed by atoms with E-state index in [0.29, 0.717) is 22.8 Å². The number of hydrogen-bond acceptors (Lipinski definition) is 6. The minimum Gasteiger partial charge on any atom is -0.491 e. The minimum atomic E-state index is -4.77. The van der Waals surface area contributed by atoms with Crippen LogP contribution in [0.4, 0.5) is 24.5 Å². The van der Waals surface area contributed by atoms with Gasteiger partial charge in [0.15, 0.2) is 0 Å². The number of nitrogens with one attached hydrogen (secondary N) is 2. The number of nitrogens with zero attached hydrogens (tertiary/aromatic N) is 1. The van der Waals surface area contributed by atoms with Crippen molar-refractivity contribution in [2.75, 3.05) is 10.6 Å². The lowest BCUT2D eigenvalue weighted by atomic mass is 10.1. The van der Waals surface area contributed by atoms with Crippen molar-refractivity contribution in [3.05, 3.63) is 76.6 Å². The Morgan fingerprint density at radius 3 is 2.51 bits per heavy atom. The third kappa shape index (κ3) is 6.42. The molecular formula is C25H22F3N3O3S. The number of rotatable bonds is 8. The first-order valence-corrected chi connectivity index (χ1v) is 11.6. The number of alkyl halides is 3. The van der Waals surface area contributed by atoms with Crippen molar-refractivity contribution >= 4 is 39.5 Å². The van der Waals surface area contributed by atoms with Crippen molar-refractivity contribution in [3.63, 3.8) is 0 Å². The number of hydrogen-bond donors (Lipinski definition) is 2. The van der Waals surface area contributed by atoms with Gasteiger partial charge in [0, 0.05) is 23.8 Å². The second-order valence-corrected chi connectivity index (χ2v) is 8.78. The van der Waals surface area contributed by atoms with E-state index in [1.807, 2.05) is 38.1 Å². The van der Waals surface area contributed by atoms with Gasteiger partial charge in [0.25, 0.3) is 5.91 Å². The number of halogens is 3. The quantitative estimate of drug-likeness (QED) is 0.276. The number of thiophene rings is 1. The molecule has 35 heavy (non-hydrogen) atoms. The zero-order chi connectivity index (χ0) is 25.0. The average molecular weight is 502 g/mol. The predicted molar refractivity (Wildman–Crippen MR) is 130 cm³/mol. The second-order valence-electron chi connectivity index (χ2n) is 7.86. The minimum absolute atomic E-state index is 0.0472. The maximum absolute atomic E-state index is 12.8. The third-order valence-electron chi connectivity index (χ3n) is 4.86. The molecule has 2 aromatic carbocycles. The van der Waals surface area contributed by atoms with Crippen molar-refractivity contribution in [1.29, 1.82) is 0 Å². The monoisotopic (exact) mass is 501 g/mol. The van der Waals surface area contributed by atoms with Crippen LogP contribution in [0, 0.1) is 0 Å². The molecule has 0 saturated carbocycles. The fraction of sp³-hybridized carbons (Fsp3) is 0.200. The fourth-order valence-corrected chi connectivity index (χ4v) is 4.19. The summed E-state index contributed by atoms with van der Waals surface area (Å²) in [5.41, 5.74) is 2.81. The molecular weight excluding hydrogens is 479 g/mol. The molecule has 0 fully saturated rings. The molecule has 0 bridgehead atoms. The first kappa shape index (κ1) is 24.3. The first-order valence-electron chi connectivity index (χ1n) is 10.7. The number of anilines is 2. The molecule has 0 unspecified atom stereocenters. The Bertz CT molecular complexity index is 1320. The van der Waals surface area contributed by atoms with Crippen LogP contribution in [-0.4, -0.2) is 23.4 Å². The highest BCUT2D eigenvalue weighted by molar-refractivity contribution is 7.12. The van der Waals surface area contributed by atoms with Crippen LogP contribution in [0.2, 0.25) is 0 Å². The SMILES string of the molecule is CC(C)Oc1ccc2nccc(CNc3ccsc3C(=O)Nc3ccc(OC(F)(F)F)cc3)c2c1. The summed E-state index contributed by atoms with van der Waals surface area (Å²) >= 11 is 1.26. The molecule has 1 amide bonds. The summed E-state index contributed by atoms with van der Waals surface area (Å²) < 4.78 is 46.6. The zero-order valence-electron chi connectivity index (χ0n) is 18.8. The van der Waals surface area contributed by atoms with E-state index < -0.39 is 6.36 Å². The van der Waals surface area contributed by atoms with Crippen molar-refractivity contribution in [3.8, 4) is 11.5 Å². The number of fused-ring (bicyclic) bond motifs is 1. The van der Waals surface area contributed by atoms with Gasteiger partial charge >= 0.3 is 6.36 Å². The van der Waals surface area contributed by atoms with Crippen molar-refractivity contribution in [2.24, 2.45) is 0 Å². The van der Waals surface area contributed by atoms with Gasteiger partial charge in [-0.3, -0.25) is 9.78 Å². The normalized spacial score (nSPS) is 11.5. The lowest BCUT2D eigenvalue weighted by Gasteiger charge is -2.13. The molecule has 10 heteroatoms. The summed E-state index contributed by atoms with van der Waals surface area (Å²) in [6.45, 7) is 4.37. The van der Waals surface area contributed by atoms with Crippen LogP contribution in [0.25, 0.3) is 10.9 Å². The van der Waals surface area contributed by atoms with Gasteiger partial charge in [0.2, 0.25) is 0 Å². The summed E-state index contributed by atoms with van der Waals surface area (Å²) in [5, 5.41) is 8.73. The van der Waals surface area contributed by atoms with Gasteiger partial charge in [-0.05, 0) is 79.4 Å². The fourth-order valence-electron chi connectivity index (χ4n) is 3.42. The molecule has 6 nitrogen and oxygen atoms in total. The largest absolute Gasteiger partial charge is 0.573 e. The molecule has 0 atom stereocenters. The Labute approximate surface area is 203 Å². The summed E-state index contributed by atoms with van der Waals surface area (Å²) in [6.07, 6.45) is -2.99. The molecule has 4 aromatic rings. The number of carbonyl (C=O) groups excluding carboxylic acids is 1. The number of ether oxygens (including phenoxy) is 2. The highest BCUT2D eigenvalue weighted by Crippen LogP contribution is 2.28. The van der Waals surface area contributed by atoms with Gasteiger partial charge in [-0.1, -0.05) is 0 Å². The van der Waals surface area contributed by atoms with Crippen molar-refractivity contribution in [1.82, 2.24) is 4.98 Å². The van der Waals surface area contributed by atoms with E-state index in [0.717, 1.165) is 34.3 Å². The van der Waals surface area contributed by atoms with E-state index in [1.54, 1.807) is 17.6 Å². The van der Waals surface area contributed by atoms with Crippen LogP contribution < -0.4 is 20.1 Å². The maximum Gasteiger partial charge on any atom is 0.573 e. The Morgan fingerprint density at radius 1 is 1.06 bits per heavy atom. The maximum atomic E-state index is 12.8. The predicted octanol–water partition coefficient (Wildman–Crippen LogP) is 6.85. The van der Waals surface area contributed by atoms with E-state index in [-0.39, 0.29) is 17.8 Å². The lowest BCUT2D eigenvalue weighted by Crippen LogP contribution is -2.17. The molecule has 0 saturated heterocycles. The highest BCUT2D eigenvalue weighted by atomic mass is 32.1. The Hall–Kier alpha value is -3.79. The van der Waals surface area contributed by atoms with Crippen molar-refractivity contribution in [2.45, 2.75) is 32.9 Å². The van der Waals surface area contributed by atoms with Crippen LogP contribution in [0.5, 0.6) is 11.5 Å². The van der Waals surface area contributed by atoms with E-state index in [4.69, 9.17) is 4.74 Å². The van der Waals surface area contributed by atoms with Gasteiger partial charge in [0.05, 0.1) is 17.3 Å². The topological polar surface area (TPSA) is 72.5 Å². The van der Waals surface area contributed by atoms with Crippen LogP contribution in [0.15, 0.2) is 66.2 Å². The highest BCUT2D eigenvalue weighted by Gasteiger charge is 2.31. The standard InChI is InChI=1S/C25H22F3N3O3S/c1-15(2)33-19-7-8-21-20(13-19)16(9-11-29-21)14-30-22-10-12-35-23(22)24(32)31-17-3-5-18(6-4-17)34-25(26,27)28/h3-13,15,30H,14H2,1-2H3,(H,31,32). The van der Waals surface area contributed by atoms with Gasteiger partial charge < -0.3 is 20.1 Å². The Kier molecular flexibility index (Phi) is 7.11. The number of benzene rings is 2. The molecule has 2 aromatic heterocycles. The van der Waals surface area contributed by atoms with Crippen molar-refractivity contribution < 1.29 is 27.4 Å². The van der Waals surface area contributed by atoms with Crippen LogP contribution in [0.3, 0.4) is 0 Å². The van der Waals surface area contributed by atoms with Gasteiger partial charge in [0.1, 0.15) is 16.4 Å². The Morgan fingerprint density at radius 2 is 1.80 bits per heavy atom. The smallest absolute Gasteiger partial charge is 0.491 e. The summed E-state index contributed by atoms with van der Waals surface area (Å²) in [4.78, 5) is 17.7. The first-order chi connectivity index (χ1) is 16.7. The molecule has 4 rings (SSSR count). The second kappa shape index (κ2) is 10.2. The summed E-state index contributed by atoms with van der Waals surface area (Å²) in [6, 6.07) is 14.4. The van der Waals surface area contributed by atoms with Gasteiger partial charge in [-0.15, -0.1) is 24.5 Å². The average Bonchev–Trinajstić information content (AvgIpc) is 3.26. The third-order valence-corrected chi connectivity index (χ3v) is 5.77. The van der Waals surface area contributed by atoms with Crippen LogP contribution in [-0.2, 0) is 6.54 Å². The van der Waals surface area contributed by atoms with E-state index >= 15 is 0 Å². The zero-order valence-corrected chi connectivity index (χ0v) is 19.7. The molecule has 0 aliphatic rings. The number of carbonyl (C=O) groups is 1. The van der Waals surface area contributed by atoms with Crippen LogP contribution in [0.1, 0.15) is 29.1 Å². The molecule has 2 heterocycles. The molecule has 182 valence electrons. The number of aromatic nitrogens is 1. The molecule has 0 aliphatic heterocycles. The lowest BCUT2D eigenvalue weighted by molar-refractivity contribution is -0.274. The van der Waals surface area contributed by atoms with E-state index in [1.165, 1.54) is 23.5 Å². The summed E-state index contributed by atoms with van der Waals surface area (Å²) in [5.74, 6) is 0.0173. The number of amides is 1. The van der Waals surface area contributed by atoms with E-state index in [2.05, 4.69) is 20.4 Å². The van der Waals surface area contributed by atoms with Crippen LogP contribution >= 0.6 is 11.3 Å². The molecule has 0 radical (unpaired) electrons. The molecule has 0 aliphatic carbocycles. The van der Waals surface area contributed by atoms with Gasteiger partial charge in [-0.25, -0.2) is 0 Å². The molecule has 0 spiro atoms. The molecule has 2 N–H and O–H groups in total. The van der Waals surface area contributed by atoms with E-state index in [9.17, 15) is 18.0 Å². The summed E-state index contributed by atoms with van der Waals surface area (Å²) in [7, 11) is 0. The van der Waals surface area contributed by atoms with Gasteiger partial charge in [-0.2, -0.15) is 0 Å².